The lowest BCUT2D eigenvalue weighted by Gasteiger charge is -2.20. The monoisotopic (exact) mass is 964 g/mol. The summed E-state index contributed by atoms with van der Waals surface area (Å²) in [6.07, 6.45) is 85.6. The smallest absolute Gasteiger partial charge is 0.220 e. The zero-order chi connectivity index (χ0) is 49.9. The Morgan fingerprint density at radius 3 is 0.957 bits per heavy atom. The number of hydrogen-bond acceptors (Lipinski definition) is 3. The van der Waals surface area contributed by atoms with Crippen LogP contribution in [-0.4, -0.2) is 34.9 Å². The first-order chi connectivity index (χ1) is 34.2. The van der Waals surface area contributed by atoms with Crippen LogP contribution in [0.25, 0.3) is 0 Å². The number of rotatable bonds is 57. The summed E-state index contributed by atoms with van der Waals surface area (Å²) in [6, 6.07) is -0.622. The van der Waals surface area contributed by atoms with Crippen LogP contribution >= 0.6 is 0 Å². The molecule has 0 aromatic heterocycles. The summed E-state index contributed by atoms with van der Waals surface area (Å²) >= 11 is 0. The van der Waals surface area contributed by atoms with E-state index in [4.69, 9.17) is 0 Å². The zero-order valence-electron chi connectivity index (χ0n) is 46.6. The van der Waals surface area contributed by atoms with E-state index in [1.165, 1.54) is 257 Å². The molecule has 0 rings (SSSR count). The van der Waals surface area contributed by atoms with E-state index in [-0.39, 0.29) is 12.5 Å². The highest BCUT2D eigenvalue weighted by Gasteiger charge is 2.18. The van der Waals surface area contributed by atoms with E-state index in [0.717, 1.165) is 51.4 Å². The summed E-state index contributed by atoms with van der Waals surface area (Å²) in [5.41, 5.74) is 0. The molecule has 0 heterocycles. The third-order valence-corrected chi connectivity index (χ3v) is 14.3. The molecule has 0 spiro atoms. The number of hydrogen-bond donors (Lipinski definition) is 3. The summed E-state index contributed by atoms with van der Waals surface area (Å²) in [7, 11) is 0. The van der Waals surface area contributed by atoms with Gasteiger partial charge in [0.2, 0.25) is 5.91 Å². The summed E-state index contributed by atoms with van der Waals surface area (Å²) in [6.45, 7) is 4.23. The van der Waals surface area contributed by atoms with E-state index < -0.39 is 12.1 Å². The molecule has 0 aromatic carbocycles. The maximum Gasteiger partial charge on any atom is 0.220 e. The highest BCUT2D eigenvalue weighted by Crippen LogP contribution is 2.18. The lowest BCUT2D eigenvalue weighted by Crippen LogP contribution is -2.45. The number of amides is 1. The molecule has 0 aliphatic rings. The van der Waals surface area contributed by atoms with Gasteiger partial charge in [-0.15, -0.1) is 0 Å². The molecule has 3 N–H and O–H groups in total. The molecule has 0 saturated carbocycles. The average Bonchev–Trinajstić information content (AvgIpc) is 3.35. The van der Waals surface area contributed by atoms with Gasteiger partial charge in [0.05, 0.1) is 18.8 Å². The van der Waals surface area contributed by atoms with Crippen molar-refractivity contribution in [3.63, 3.8) is 0 Å². The largest absolute Gasteiger partial charge is 0.394 e. The molecule has 1 amide bonds. The van der Waals surface area contributed by atoms with Gasteiger partial charge in [-0.1, -0.05) is 325 Å². The Kier molecular flexibility index (Phi) is 58.7. The minimum absolute atomic E-state index is 0.0581. The molecule has 0 aromatic rings. The molecule has 0 radical (unpaired) electrons. The van der Waals surface area contributed by atoms with Gasteiger partial charge in [0, 0.05) is 6.42 Å². The molecule has 0 aliphatic carbocycles. The number of aliphatic hydroxyl groups is 2. The Hall–Kier alpha value is -1.91. The number of allylic oxidation sites excluding steroid dienone is 9. The number of carbonyl (C=O) groups is 1. The van der Waals surface area contributed by atoms with Crippen LogP contribution in [0.3, 0.4) is 0 Å². The van der Waals surface area contributed by atoms with E-state index in [2.05, 4.69) is 67.8 Å². The van der Waals surface area contributed by atoms with Gasteiger partial charge in [0.25, 0.3) is 0 Å². The fraction of sp³-hybridized carbons (Fsp3) is 0.831. The van der Waals surface area contributed by atoms with Gasteiger partial charge in [-0.2, -0.15) is 0 Å². The third-order valence-electron chi connectivity index (χ3n) is 14.3. The van der Waals surface area contributed by atoms with Crippen molar-refractivity contribution < 1.29 is 15.0 Å². The lowest BCUT2D eigenvalue weighted by atomic mass is 10.0. The van der Waals surface area contributed by atoms with Crippen molar-refractivity contribution in [2.24, 2.45) is 0 Å². The molecule has 0 fully saturated rings. The Morgan fingerprint density at radius 2 is 0.638 bits per heavy atom. The predicted molar refractivity (Wildman–Crippen MR) is 308 cm³/mol. The van der Waals surface area contributed by atoms with E-state index in [1.54, 1.807) is 6.08 Å². The van der Waals surface area contributed by atoms with Crippen LogP contribution in [-0.2, 0) is 4.79 Å². The minimum Gasteiger partial charge on any atom is -0.394 e. The van der Waals surface area contributed by atoms with Gasteiger partial charge in [-0.05, 0) is 57.8 Å². The second-order valence-electron chi connectivity index (χ2n) is 21.1. The molecule has 69 heavy (non-hydrogen) atoms. The van der Waals surface area contributed by atoms with Crippen molar-refractivity contribution in [3.8, 4) is 0 Å². The molecule has 0 aliphatic heterocycles. The maximum absolute atomic E-state index is 12.5. The van der Waals surface area contributed by atoms with Gasteiger partial charge in [0.1, 0.15) is 0 Å². The molecule has 404 valence electrons. The first-order valence-corrected chi connectivity index (χ1v) is 31.0. The Labute approximate surface area is 432 Å². The van der Waals surface area contributed by atoms with Gasteiger partial charge in [0.15, 0.2) is 0 Å². The zero-order valence-corrected chi connectivity index (χ0v) is 46.6. The molecule has 0 saturated heterocycles. The Balaban J connectivity index is 3.42. The van der Waals surface area contributed by atoms with Crippen LogP contribution in [0.5, 0.6) is 0 Å². The molecule has 2 unspecified atom stereocenters. The Morgan fingerprint density at radius 1 is 0.362 bits per heavy atom. The van der Waals surface area contributed by atoms with E-state index >= 15 is 0 Å². The van der Waals surface area contributed by atoms with Crippen molar-refractivity contribution in [1.29, 1.82) is 0 Å². The third kappa shape index (κ3) is 56.9. The average molecular weight is 965 g/mol. The standard InChI is InChI=1S/C65H121NO3/c1-3-5-7-9-11-13-15-17-19-21-23-25-26-27-28-29-30-31-32-33-34-35-36-37-38-39-40-41-43-45-47-49-51-53-55-57-59-61-65(69)66-63(62-67)64(68)60-58-56-54-52-50-48-46-44-42-24-22-20-18-16-14-12-10-8-6-4-2/h5,7,11,13,17,19,23,25,58,60,63-64,67-68H,3-4,6,8-10,12,14-16,18,20-22,24,26-57,59,61-62H2,1-2H3,(H,66,69)/b7-5-,13-11-,19-17-,25-23-,60-58+. The van der Waals surface area contributed by atoms with Crippen molar-refractivity contribution in [2.75, 3.05) is 6.61 Å². The van der Waals surface area contributed by atoms with Crippen molar-refractivity contribution in [3.05, 3.63) is 60.8 Å². The quantitative estimate of drug-likeness (QED) is 0.0420. The summed E-state index contributed by atoms with van der Waals surface area (Å²) in [5, 5.41) is 23.2. The number of aliphatic hydroxyl groups excluding tert-OH is 2. The molecule has 4 nitrogen and oxygen atoms in total. The highest BCUT2D eigenvalue weighted by molar-refractivity contribution is 5.76. The van der Waals surface area contributed by atoms with Crippen molar-refractivity contribution in [1.82, 2.24) is 5.32 Å². The normalized spacial score (nSPS) is 13.2. The topological polar surface area (TPSA) is 69.6 Å². The minimum atomic E-state index is -0.839. The molecular weight excluding hydrogens is 843 g/mol. The van der Waals surface area contributed by atoms with E-state index in [9.17, 15) is 15.0 Å². The first kappa shape index (κ1) is 67.1. The molecule has 2 atom stereocenters. The van der Waals surface area contributed by atoms with Crippen LogP contribution in [0, 0.1) is 0 Å². The van der Waals surface area contributed by atoms with Crippen LogP contribution < -0.4 is 5.32 Å². The highest BCUT2D eigenvalue weighted by atomic mass is 16.3. The van der Waals surface area contributed by atoms with Crippen LogP contribution in [0.4, 0.5) is 0 Å². The summed E-state index contributed by atoms with van der Waals surface area (Å²) in [5.74, 6) is -0.0581. The fourth-order valence-electron chi connectivity index (χ4n) is 9.59. The van der Waals surface area contributed by atoms with Gasteiger partial charge < -0.3 is 15.5 Å². The number of unbranched alkanes of at least 4 members (excludes halogenated alkanes) is 42. The fourth-order valence-corrected chi connectivity index (χ4v) is 9.59. The van der Waals surface area contributed by atoms with Crippen LogP contribution in [0.15, 0.2) is 60.8 Å². The molecule has 0 bridgehead atoms. The number of nitrogens with one attached hydrogen (secondary N) is 1. The van der Waals surface area contributed by atoms with Gasteiger partial charge in [-0.25, -0.2) is 0 Å². The summed E-state index contributed by atoms with van der Waals surface area (Å²) in [4.78, 5) is 12.5. The van der Waals surface area contributed by atoms with Crippen molar-refractivity contribution >= 4 is 5.91 Å². The van der Waals surface area contributed by atoms with Crippen LogP contribution in [0.1, 0.15) is 328 Å². The van der Waals surface area contributed by atoms with Gasteiger partial charge in [-0.3, -0.25) is 4.79 Å². The second kappa shape index (κ2) is 60.4. The number of carbonyl (C=O) groups excluding carboxylic acids is 1. The van der Waals surface area contributed by atoms with Crippen LogP contribution in [0.2, 0.25) is 0 Å². The molecule has 4 heteroatoms. The first-order valence-electron chi connectivity index (χ1n) is 31.0. The maximum atomic E-state index is 12.5. The lowest BCUT2D eigenvalue weighted by molar-refractivity contribution is -0.123. The summed E-state index contributed by atoms with van der Waals surface area (Å²) < 4.78 is 0. The molecular formula is C65H121NO3. The predicted octanol–water partition coefficient (Wildman–Crippen LogP) is 20.8. The van der Waals surface area contributed by atoms with Crippen molar-refractivity contribution in [2.45, 2.75) is 341 Å². The van der Waals surface area contributed by atoms with E-state index in [0.29, 0.717) is 6.42 Å². The second-order valence-corrected chi connectivity index (χ2v) is 21.1. The van der Waals surface area contributed by atoms with Gasteiger partial charge >= 0.3 is 0 Å². The SMILES string of the molecule is CC/C=C\C/C=C\C/C=C\C/C=C\CCCCCCCCCCCCCCCCCCCCCCCCCCC(=O)NC(CO)C(O)/C=C/CCCCCCCCCCCCCCCCCCCC. The van der Waals surface area contributed by atoms with E-state index in [1.807, 2.05) is 6.08 Å². The Bertz CT molecular complexity index is 1140.